The maximum Gasteiger partial charge on any atom is 0.407 e. The van der Waals surface area contributed by atoms with Gasteiger partial charge < -0.3 is 14.8 Å². The summed E-state index contributed by atoms with van der Waals surface area (Å²) >= 11 is 4.94. The van der Waals surface area contributed by atoms with Crippen molar-refractivity contribution in [1.29, 1.82) is 0 Å². The molecule has 1 aliphatic heterocycles. The minimum Gasteiger partial charge on any atom is -0.456 e. The highest BCUT2D eigenvalue weighted by Crippen LogP contribution is 2.22. The Morgan fingerprint density at radius 1 is 1.30 bits per heavy atom. The fourth-order valence-corrected chi connectivity index (χ4v) is 3.27. The van der Waals surface area contributed by atoms with Crippen LogP contribution in [0.2, 0.25) is 0 Å². The molecule has 2 rings (SSSR count). The molecule has 0 unspecified atom stereocenters. The number of hydrogen-bond donors (Lipinski definition) is 1. The number of benzene rings is 1. The zero-order valence-electron chi connectivity index (χ0n) is 10.8. The van der Waals surface area contributed by atoms with E-state index in [4.69, 9.17) is 4.74 Å². The lowest BCUT2D eigenvalue weighted by atomic mass is 10.2. The minimum atomic E-state index is -0.512. The average molecular weight is 360 g/mol. The van der Waals surface area contributed by atoms with E-state index < -0.39 is 6.09 Å². The summed E-state index contributed by atoms with van der Waals surface area (Å²) in [5, 5.41) is 2.68. The van der Waals surface area contributed by atoms with Crippen LogP contribution in [0, 0.1) is 0 Å². The highest BCUT2D eigenvalue weighted by Gasteiger charge is 2.32. The topological polar surface area (TPSA) is 64.6 Å². The fourth-order valence-electron chi connectivity index (χ4n) is 1.79. The maximum atomic E-state index is 12.0. The Morgan fingerprint density at radius 3 is 2.65 bits per heavy atom. The number of esters is 1. The Labute approximate surface area is 129 Å². The van der Waals surface area contributed by atoms with E-state index in [1.54, 1.807) is 36.0 Å². The minimum absolute atomic E-state index is 0.216. The smallest absolute Gasteiger partial charge is 0.407 e. The molecule has 1 fully saturated rings. The van der Waals surface area contributed by atoms with Crippen molar-refractivity contribution >= 4 is 39.8 Å². The molecule has 0 saturated carbocycles. The van der Waals surface area contributed by atoms with E-state index in [1.165, 1.54) is 7.11 Å². The van der Waals surface area contributed by atoms with Gasteiger partial charge in [-0.3, -0.25) is 0 Å². The molecule has 2 atom stereocenters. The molecular weight excluding hydrogens is 346 g/mol. The van der Waals surface area contributed by atoms with Gasteiger partial charge in [0.2, 0.25) is 0 Å². The van der Waals surface area contributed by atoms with Gasteiger partial charge in [0.1, 0.15) is 6.10 Å². The third kappa shape index (κ3) is 3.89. The number of thioether (sulfide) groups is 1. The number of halogens is 1. The molecular formula is C13H14BrNO4S. The van der Waals surface area contributed by atoms with E-state index in [9.17, 15) is 9.59 Å². The summed E-state index contributed by atoms with van der Waals surface area (Å²) in [6, 6.07) is 6.73. The number of amides is 1. The van der Waals surface area contributed by atoms with Crippen LogP contribution in [0.5, 0.6) is 0 Å². The van der Waals surface area contributed by atoms with Crippen molar-refractivity contribution in [2.24, 2.45) is 0 Å². The molecule has 108 valence electrons. The molecule has 1 amide bonds. The number of alkyl carbamates (subject to hydrolysis) is 1. The second kappa shape index (κ2) is 6.99. The Bertz CT molecular complexity index is 494. The number of rotatable bonds is 3. The first-order valence-electron chi connectivity index (χ1n) is 5.99. The maximum absolute atomic E-state index is 12.0. The van der Waals surface area contributed by atoms with Gasteiger partial charge in [0.05, 0.1) is 18.7 Å². The Morgan fingerprint density at radius 2 is 2.00 bits per heavy atom. The van der Waals surface area contributed by atoms with E-state index in [2.05, 4.69) is 26.0 Å². The van der Waals surface area contributed by atoms with E-state index >= 15 is 0 Å². The van der Waals surface area contributed by atoms with Crippen LogP contribution in [0.15, 0.2) is 28.7 Å². The lowest BCUT2D eigenvalue weighted by molar-refractivity contribution is 0.0295. The first-order chi connectivity index (χ1) is 9.60. The summed E-state index contributed by atoms with van der Waals surface area (Å²) in [6.45, 7) is 0. The summed E-state index contributed by atoms with van der Waals surface area (Å²) in [5.74, 6) is 0.978. The zero-order valence-corrected chi connectivity index (χ0v) is 13.2. The summed E-state index contributed by atoms with van der Waals surface area (Å²) < 4.78 is 10.9. The number of nitrogens with one attached hydrogen (secondary N) is 1. The van der Waals surface area contributed by atoms with Crippen molar-refractivity contribution in [3.63, 3.8) is 0 Å². The third-order valence-corrected chi connectivity index (χ3v) is 4.54. The largest absolute Gasteiger partial charge is 0.456 e. The van der Waals surface area contributed by atoms with Gasteiger partial charge in [0, 0.05) is 16.0 Å². The summed E-state index contributed by atoms with van der Waals surface area (Å²) in [7, 11) is 1.31. The molecule has 1 aliphatic rings. The van der Waals surface area contributed by atoms with Crippen LogP contribution in [0.3, 0.4) is 0 Å². The van der Waals surface area contributed by atoms with Crippen LogP contribution in [-0.2, 0) is 9.47 Å². The van der Waals surface area contributed by atoms with Gasteiger partial charge in [-0.15, -0.1) is 0 Å². The van der Waals surface area contributed by atoms with Gasteiger partial charge in [0.25, 0.3) is 0 Å². The molecule has 0 aromatic heterocycles. The van der Waals surface area contributed by atoms with Gasteiger partial charge in [-0.1, -0.05) is 15.9 Å². The monoisotopic (exact) mass is 359 g/mol. The number of methoxy groups -OCH3 is 1. The zero-order chi connectivity index (χ0) is 14.5. The molecule has 0 bridgehead atoms. The van der Waals surface area contributed by atoms with Crippen molar-refractivity contribution in [2.45, 2.75) is 12.1 Å². The third-order valence-electron chi connectivity index (χ3n) is 2.86. The summed E-state index contributed by atoms with van der Waals surface area (Å²) in [4.78, 5) is 23.2. The molecule has 1 saturated heterocycles. The molecule has 1 aromatic carbocycles. The average Bonchev–Trinajstić information content (AvgIpc) is 2.86. The van der Waals surface area contributed by atoms with Crippen LogP contribution < -0.4 is 5.32 Å². The fraction of sp³-hybridized carbons (Fsp3) is 0.385. The van der Waals surface area contributed by atoms with E-state index in [-0.39, 0.29) is 18.1 Å². The number of hydrogen-bond acceptors (Lipinski definition) is 5. The number of carbonyl (C=O) groups is 2. The first-order valence-corrected chi connectivity index (χ1v) is 7.93. The highest BCUT2D eigenvalue weighted by molar-refractivity contribution is 9.10. The van der Waals surface area contributed by atoms with Crippen molar-refractivity contribution in [3.8, 4) is 0 Å². The molecule has 0 spiro atoms. The van der Waals surface area contributed by atoms with Crippen LogP contribution in [0.1, 0.15) is 10.4 Å². The normalized spacial score (nSPS) is 21.3. The van der Waals surface area contributed by atoms with Crippen LogP contribution in [0.25, 0.3) is 0 Å². The van der Waals surface area contributed by atoms with Gasteiger partial charge >= 0.3 is 12.1 Å². The molecule has 0 radical (unpaired) electrons. The number of ether oxygens (including phenoxy) is 2. The van der Waals surface area contributed by atoms with Crippen molar-refractivity contribution in [1.82, 2.24) is 5.32 Å². The van der Waals surface area contributed by atoms with Crippen LogP contribution in [-0.4, -0.2) is 42.8 Å². The molecule has 1 heterocycles. The Balaban J connectivity index is 1.96. The summed E-state index contributed by atoms with van der Waals surface area (Å²) in [5.41, 5.74) is 0.488. The predicted octanol–water partition coefficient (Wildman–Crippen LogP) is 2.45. The standard InChI is InChI=1S/C13H14BrNO4S/c1-18-13(17)15-10-6-20-7-11(10)19-12(16)8-2-4-9(14)5-3-8/h2-5,10-11H,6-7H2,1H3,(H,15,17)/t10-,11+/m0/s1. The van der Waals surface area contributed by atoms with E-state index in [0.29, 0.717) is 17.1 Å². The number of carbonyl (C=O) groups excluding carboxylic acids is 2. The van der Waals surface area contributed by atoms with E-state index in [1.807, 2.05) is 0 Å². The van der Waals surface area contributed by atoms with Crippen molar-refractivity contribution in [3.05, 3.63) is 34.3 Å². The Hall–Kier alpha value is -1.21. The predicted molar refractivity (Wildman–Crippen MR) is 80.0 cm³/mol. The van der Waals surface area contributed by atoms with Gasteiger partial charge in [-0.05, 0) is 24.3 Å². The molecule has 0 aliphatic carbocycles. The van der Waals surface area contributed by atoms with Gasteiger partial charge in [-0.2, -0.15) is 11.8 Å². The molecule has 1 N–H and O–H groups in total. The molecule has 5 nitrogen and oxygen atoms in total. The molecule has 7 heteroatoms. The van der Waals surface area contributed by atoms with Crippen molar-refractivity contribution in [2.75, 3.05) is 18.6 Å². The van der Waals surface area contributed by atoms with Crippen LogP contribution in [0.4, 0.5) is 4.79 Å². The second-order valence-corrected chi connectivity index (χ2v) is 6.22. The lowest BCUT2D eigenvalue weighted by Gasteiger charge is -2.19. The van der Waals surface area contributed by atoms with Gasteiger partial charge in [0.15, 0.2) is 0 Å². The first kappa shape index (κ1) is 15.2. The lowest BCUT2D eigenvalue weighted by Crippen LogP contribution is -2.44. The highest BCUT2D eigenvalue weighted by atomic mass is 79.9. The quantitative estimate of drug-likeness (QED) is 0.839. The molecule has 1 aromatic rings. The SMILES string of the molecule is COC(=O)N[C@H]1CSC[C@H]1OC(=O)c1ccc(Br)cc1. The van der Waals surface area contributed by atoms with E-state index in [0.717, 1.165) is 4.47 Å². The Kier molecular flexibility index (Phi) is 5.31. The van der Waals surface area contributed by atoms with Crippen molar-refractivity contribution < 1.29 is 19.1 Å². The van der Waals surface area contributed by atoms with Gasteiger partial charge in [-0.25, -0.2) is 9.59 Å². The van der Waals surface area contributed by atoms with Crippen LogP contribution >= 0.6 is 27.7 Å². The summed E-state index contributed by atoms with van der Waals surface area (Å²) in [6.07, 6.45) is -0.850. The second-order valence-electron chi connectivity index (χ2n) is 4.23. The molecule has 20 heavy (non-hydrogen) atoms.